The molecule has 2 heterocycles. The zero-order valence-corrected chi connectivity index (χ0v) is 11.4. The van der Waals surface area contributed by atoms with E-state index in [1.807, 2.05) is 4.90 Å². The van der Waals surface area contributed by atoms with E-state index in [9.17, 15) is 4.79 Å². The van der Waals surface area contributed by atoms with Gasteiger partial charge < -0.3 is 20.3 Å². The average molecular weight is 281 g/mol. The van der Waals surface area contributed by atoms with Gasteiger partial charge in [0.25, 0.3) is 0 Å². The fraction of sp³-hybridized carbons (Fsp3) is 0.545. The lowest BCUT2D eigenvalue weighted by Gasteiger charge is -2.34. The van der Waals surface area contributed by atoms with Crippen LogP contribution < -0.4 is 10.6 Å². The summed E-state index contributed by atoms with van der Waals surface area (Å²) in [7, 11) is 0. The Labute approximate surface area is 115 Å². The molecule has 102 valence electrons. The van der Waals surface area contributed by atoms with Crippen LogP contribution in [0.4, 0.5) is 15.6 Å². The van der Waals surface area contributed by atoms with Gasteiger partial charge in [0.2, 0.25) is 0 Å². The van der Waals surface area contributed by atoms with Crippen molar-refractivity contribution in [2.75, 3.05) is 43.4 Å². The van der Waals surface area contributed by atoms with Crippen LogP contribution in [-0.4, -0.2) is 48.2 Å². The van der Waals surface area contributed by atoms with E-state index < -0.39 is 0 Å². The molecule has 0 saturated carbocycles. The molecule has 19 heavy (non-hydrogen) atoms. The zero-order valence-electron chi connectivity index (χ0n) is 10.6. The number of amides is 1. The molecule has 2 rings (SSSR count). The predicted octanol–water partition coefficient (Wildman–Crippen LogP) is 0.875. The van der Waals surface area contributed by atoms with Gasteiger partial charge in [-0.15, -0.1) is 0 Å². The van der Waals surface area contributed by atoms with Gasteiger partial charge in [-0.25, -0.2) is 4.79 Å². The third-order valence-corrected chi connectivity index (χ3v) is 3.83. The second-order valence-corrected chi connectivity index (χ2v) is 4.78. The Morgan fingerprint density at radius 3 is 2.79 bits per heavy atom. The minimum Gasteiger partial charge on any atom is -0.450 e. The fourth-order valence-electron chi connectivity index (χ4n) is 1.92. The highest BCUT2D eigenvalue weighted by Gasteiger charge is 2.25. The number of rotatable bonds is 2. The highest BCUT2D eigenvalue weighted by atomic mass is 32.1. The molecule has 0 radical (unpaired) electrons. The number of nitriles is 1. The second kappa shape index (κ2) is 5.75. The molecule has 1 aliphatic heterocycles. The number of anilines is 2. The van der Waals surface area contributed by atoms with Crippen LogP contribution in [0.3, 0.4) is 0 Å². The van der Waals surface area contributed by atoms with Crippen LogP contribution in [-0.2, 0) is 4.74 Å². The highest BCUT2D eigenvalue weighted by Crippen LogP contribution is 2.30. The maximum Gasteiger partial charge on any atom is 0.409 e. The molecule has 0 bridgehead atoms. The number of nitrogens with two attached hydrogens (primary N) is 1. The minimum absolute atomic E-state index is 0.273. The topological polar surface area (TPSA) is 95.5 Å². The zero-order chi connectivity index (χ0) is 13.8. The number of hydrogen-bond acceptors (Lipinski definition) is 7. The van der Waals surface area contributed by atoms with Gasteiger partial charge in [-0.3, -0.25) is 0 Å². The van der Waals surface area contributed by atoms with E-state index in [1.165, 1.54) is 11.5 Å². The summed E-state index contributed by atoms with van der Waals surface area (Å²) in [6.07, 6.45) is -0.286. The Kier molecular flexibility index (Phi) is 4.06. The Bertz CT molecular complexity index is 502. The van der Waals surface area contributed by atoms with E-state index in [1.54, 1.807) is 11.8 Å². The first kappa shape index (κ1) is 13.4. The number of nitrogens with zero attached hydrogens (tertiary/aromatic N) is 4. The quantitative estimate of drug-likeness (QED) is 0.864. The molecule has 0 aromatic carbocycles. The lowest BCUT2D eigenvalue weighted by atomic mass is 10.3. The van der Waals surface area contributed by atoms with Gasteiger partial charge in [0.15, 0.2) is 5.82 Å². The van der Waals surface area contributed by atoms with Crippen LogP contribution >= 0.6 is 11.5 Å². The maximum atomic E-state index is 11.6. The van der Waals surface area contributed by atoms with Crippen LogP contribution in [0, 0.1) is 11.3 Å². The summed E-state index contributed by atoms with van der Waals surface area (Å²) in [6, 6.07) is 2.07. The number of hydrogen-bond donors (Lipinski definition) is 1. The van der Waals surface area contributed by atoms with Gasteiger partial charge >= 0.3 is 6.09 Å². The van der Waals surface area contributed by atoms with Crippen molar-refractivity contribution in [1.29, 1.82) is 5.26 Å². The Hall–Kier alpha value is -2.01. The lowest BCUT2D eigenvalue weighted by molar-refractivity contribution is 0.105. The summed E-state index contributed by atoms with van der Waals surface area (Å²) in [6.45, 7) is 4.60. The number of piperazine rings is 1. The summed E-state index contributed by atoms with van der Waals surface area (Å²) in [5, 5.41) is 9.84. The normalized spacial score (nSPS) is 15.2. The standard InChI is InChI=1S/C11H15N5O2S/c1-2-18-11(17)16-5-3-15(4-6-16)10-8(7-12)9(13)14-19-10/h2-6H2,1H3,(H2,13,14). The molecule has 0 atom stereocenters. The van der Waals surface area contributed by atoms with Crippen molar-refractivity contribution in [2.24, 2.45) is 0 Å². The van der Waals surface area contributed by atoms with Crippen molar-refractivity contribution >= 4 is 28.4 Å². The van der Waals surface area contributed by atoms with Gasteiger partial charge in [-0.05, 0) is 18.5 Å². The first-order chi connectivity index (χ1) is 9.17. The molecule has 0 unspecified atom stereocenters. The van der Waals surface area contributed by atoms with Crippen LogP contribution in [0.1, 0.15) is 12.5 Å². The number of aromatic nitrogens is 1. The molecule has 2 N–H and O–H groups in total. The van der Waals surface area contributed by atoms with Gasteiger partial charge in [0, 0.05) is 26.2 Å². The number of nitrogen functional groups attached to an aromatic ring is 1. The van der Waals surface area contributed by atoms with Crippen molar-refractivity contribution < 1.29 is 9.53 Å². The molecule has 8 heteroatoms. The summed E-state index contributed by atoms with van der Waals surface area (Å²) in [5.74, 6) is 0.273. The first-order valence-corrected chi connectivity index (χ1v) is 6.76. The maximum absolute atomic E-state index is 11.6. The highest BCUT2D eigenvalue weighted by molar-refractivity contribution is 7.10. The average Bonchev–Trinajstić information content (AvgIpc) is 2.80. The summed E-state index contributed by atoms with van der Waals surface area (Å²) in [4.78, 5) is 15.3. The van der Waals surface area contributed by atoms with Crippen molar-refractivity contribution in [3.05, 3.63) is 5.56 Å². The van der Waals surface area contributed by atoms with E-state index in [2.05, 4.69) is 10.4 Å². The molecule has 1 fully saturated rings. The number of ether oxygens (including phenoxy) is 1. The van der Waals surface area contributed by atoms with Crippen LogP contribution in [0.25, 0.3) is 0 Å². The minimum atomic E-state index is -0.286. The van der Waals surface area contributed by atoms with Crippen molar-refractivity contribution in [3.63, 3.8) is 0 Å². The van der Waals surface area contributed by atoms with E-state index in [-0.39, 0.29) is 11.9 Å². The molecule has 0 spiro atoms. The first-order valence-electron chi connectivity index (χ1n) is 5.99. The monoisotopic (exact) mass is 281 g/mol. The molecule has 7 nitrogen and oxygen atoms in total. The van der Waals surface area contributed by atoms with Crippen molar-refractivity contribution in [3.8, 4) is 6.07 Å². The Balaban J connectivity index is 2.00. The van der Waals surface area contributed by atoms with Crippen LogP contribution in [0.15, 0.2) is 0 Å². The van der Waals surface area contributed by atoms with Crippen LogP contribution in [0.2, 0.25) is 0 Å². The van der Waals surface area contributed by atoms with Gasteiger partial charge in [-0.1, -0.05) is 0 Å². The lowest BCUT2D eigenvalue weighted by Crippen LogP contribution is -2.48. The molecule has 1 saturated heterocycles. The Morgan fingerprint density at radius 2 is 2.21 bits per heavy atom. The number of carbonyl (C=O) groups is 1. The number of carbonyl (C=O) groups excluding carboxylic acids is 1. The molecule has 1 aromatic heterocycles. The van der Waals surface area contributed by atoms with Crippen LogP contribution in [0.5, 0.6) is 0 Å². The van der Waals surface area contributed by atoms with Gasteiger partial charge in [0.1, 0.15) is 16.6 Å². The van der Waals surface area contributed by atoms with E-state index in [0.717, 1.165) is 5.00 Å². The molecule has 1 aliphatic rings. The summed E-state index contributed by atoms with van der Waals surface area (Å²) in [5.41, 5.74) is 6.06. The molecule has 1 aromatic rings. The largest absolute Gasteiger partial charge is 0.450 e. The third kappa shape index (κ3) is 2.71. The second-order valence-electron chi connectivity index (χ2n) is 4.03. The fourth-order valence-corrected chi connectivity index (χ4v) is 2.74. The van der Waals surface area contributed by atoms with Gasteiger partial charge in [-0.2, -0.15) is 9.64 Å². The third-order valence-electron chi connectivity index (χ3n) is 2.91. The molecular weight excluding hydrogens is 266 g/mol. The van der Waals surface area contributed by atoms with Crippen molar-refractivity contribution in [2.45, 2.75) is 6.92 Å². The predicted molar refractivity (Wildman–Crippen MR) is 72.0 cm³/mol. The SMILES string of the molecule is CCOC(=O)N1CCN(c2snc(N)c2C#N)CC1. The van der Waals surface area contributed by atoms with E-state index in [4.69, 9.17) is 15.7 Å². The van der Waals surface area contributed by atoms with E-state index >= 15 is 0 Å². The smallest absolute Gasteiger partial charge is 0.409 e. The summed E-state index contributed by atoms with van der Waals surface area (Å²) < 4.78 is 8.95. The molecular formula is C11H15N5O2S. The van der Waals surface area contributed by atoms with E-state index in [0.29, 0.717) is 38.3 Å². The molecule has 0 aliphatic carbocycles. The van der Waals surface area contributed by atoms with Gasteiger partial charge in [0.05, 0.1) is 6.61 Å². The molecule has 1 amide bonds. The summed E-state index contributed by atoms with van der Waals surface area (Å²) >= 11 is 1.22. The Morgan fingerprint density at radius 1 is 1.53 bits per heavy atom. The van der Waals surface area contributed by atoms with Crippen molar-refractivity contribution in [1.82, 2.24) is 9.27 Å².